The lowest BCUT2D eigenvalue weighted by Crippen LogP contribution is -2.38. The van der Waals surface area contributed by atoms with Crippen LogP contribution in [0.5, 0.6) is 0 Å². The van der Waals surface area contributed by atoms with Gasteiger partial charge in [-0.05, 0) is 30.9 Å². The summed E-state index contributed by atoms with van der Waals surface area (Å²) >= 11 is 0. The first-order valence-electron chi connectivity index (χ1n) is 7.25. The van der Waals surface area contributed by atoms with Gasteiger partial charge in [0.2, 0.25) is 0 Å². The highest BCUT2D eigenvalue weighted by Gasteiger charge is 2.22. The monoisotopic (exact) mass is 262 g/mol. The van der Waals surface area contributed by atoms with Crippen LogP contribution in [0, 0.1) is 12.3 Å². The van der Waals surface area contributed by atoms with Crippen LogP contribution in [0.1, 0.15) is 45.2 Å². The molecular weight excluding hydrogens is 232 g/mol. The van der Waals surface area contributed by atoms with Crippen LogP contribution in [-0.4, -0.2) is 19.6 Å². The molecule has 2 nitrogen and oxygen atoms in total. The van der Waals surface area contributed by atoms with E-state index in [9.17, 15) is 0 Å². The zero-order valence-corrected chi connectivity index (χ0v) is 13.2. The molecule has 1 aromatic carbocycles. The minimum Gasteiger partial charge on any atom is -0.330 e. The quantitative estimate of drug-likeness (QED) is 0.791. The first kappa shape index (κ1) is 16.2. The second kappa shape index (κ2) is 6.53. The van der Waals surface area contributed by atoms with Crippen molar-refractivity contribution in [3.05, 3.63) is 35.4 Å². The van der Waals surface area contributed by atoms with Gasteiger partial charge in [-0.3, -0.25) is 0 Å². The van der Waals surface area contributed by atoms with Gasteiger partial charge in [0.15, 0.2) is 0 Å². The maximum Gasteiger partial charge on any atom is 0.00434 e. The molecule has 108 valence electrons. The molecule has 0 aromatic heterocycles. The van der Waals surface area contributed by atoms with Gasteiger partial charge in [-0.15, -0.1) is 0 Å². The van der Waals surface area contributed by atoms with E-state index in [4.69, 9.17) is 5.73 Å². The van der Waals surface area contributed by atoms with Crippen molar-refractivity contribution >= 4 is 0 Å². The van der Waals surface area contributed by atoms with Gasteiger partial charge in [-0.1, -0.05) is 57.5 Å². The molecule has 0 heterocycles. The Kier molecular flexibility index (Phi) is 5.57. The number of benzene rings is 1. The molecule has 0 aliphatic heterocycles. The summed E-state index contributed by atoms with van der Waals surface area (Å²) in [7, 11) is 0. The molecule has 0 amide bonds. The lowest BCUT2D eigenvalue weighted by atomic mass is 9.83. The third kappa shape index (κ3) is 5.33. The summed E-state index contributed by atoms with van der Waals surface area (Å²) < 4.78 is 0. The minimum atomic E-state index is 0.159. The van der Waals surface area contributed by atoms with Gasteiger partial charge in [0.05, 0.1) is 0 Å². The maximum absolute atomic E-state index is 5.65. The number of nitrogens with one attached hydrogen (secondary N) is 1. The van der Waals surface area contributed by atoms with Gasteiger partial charge in [0.1, 0.15) is 0 Å². The van der Waals surface area contributed by atoms with Gasteiger partial charge < -0.3 is 11.1 Å². The van der Waals surface area contributed by atoms with E-state index in [1.54, 1.807) is 0 Å². The molecule has 2 heteroatoms. The Labute approximate surface area is 118 Å². The van der Waals surface area contributed by atoms with Gasteiger partial charge in [-0.2, -0.15) is 0 Å². The lowest BCUT2D eigenvalue weighted by Gasteiger charge is -2.30. The predicted molar refractivity (Wildman–Crippen MR) is 84.5 cm³/mol. The SMILES string of the molecule is Cc1ccc(C(C)(C)CNCC(C)(C)CCN)cc1. The molecule has 1 rings (SSSR count). The number of rotatable bonds is 7. The van der Waals surface area contributed by atoms with Crippen LogP contribution in [0.4, 0.5) is 0 Å². The Hall–Kier alpha value is -0.860. The number of hydrogen-bond acceptors (Lipinski definition) is 2. The van der Waals surface area contributed by atoms with Gasteiger partial charge in [-0.25, -0.2) is 0 Å². The van der Waals surface area contributed by atoms with Crippen LogP contribution in [0.15, 0.2) is 24.3 Å². The topological polar surface area (TPSA) is 38.0 Å². The van der Waals surface area contributed by atoms with E-state index in [-0.39, 0.29) is 10.8 Å². The van der Waals surface area contributed by atoms with Crippen molar-refractivity contribution in [1.29, 1.82) is 0 Å². The molecule has 0 aliphatic carbocycles. The molecule has 1 aromatic rings. The fraction of sp³-hybridized carbons (Fsp3) is 0.647. The summed E-state index contributed by atoms with van der Waals surface area (Å²) in [6, 6.07) is 8.86. The van der Waals surface area contributed by atoms with Crippen LogP contribution in [-0.2, 0) is 5.41 Å². The molecule has 0 saturated heterocycles. The number of hydrogen-bond donors (Lipinski definition) is 2. The van der Waals surface area contributed by atoms with E-state index < -0.39 is 0 Å². The van der Waals surface area contributed by atoms with E-state index in [2.05, 4.69) is 64.2 Å². The molecule has 3 N–H and O–H groups in total. The number of nitrogens with two attached hydrogens (primary N) is 1. The van der Waals surface area contributed by atoms with E-state index in [1.807, 2.05) is 0 Å². The second-order valence-corrected chi connectivity index (χ2v) is 7.06. The normalized spacial score (nSPS) is 12.7. The molecule has 0 radical (unpaired) electrons. The fourth-order valence-corrected chi connectivity index (χ4v) is 2.30. The summed E-state index contributed by atoms with van der Waals surface area (Å²) in [6.45, 7) is 14.0. The van der Waals surface area contributed by atoms with Gasteiger partial charge in [0, 0.05) is 18.5 Å². The van der Waals surface area contributed by atoms with Crippen molar-refractivity contribution < 1.29 is 0 Å². The molecule has 0 saturated carbocycles. The molecule has 0 atom stereocenters. The first-order valence-corrected chi connectivity index (χ1v) is 7.25. The van der Waals surface area contributed by atoms with Crippen LogP contribution in [0.2, 0.25) is 0 Å². The largest absolute Gasteiger partial charge is 0.330 e. The Bertz CT molecular complexity index is 377. The molecule has 0 aliphatic rings. The third-order valence-corrected chi connectivity index (χ3v) is 3.82. The average Bonchev–Trinajstić information content (AvgIpc) is 2.28. The van der Waals surface area contributed by atoms with E-state index in [1.165, 1.54) is 11.1 Å². The molecule has 0 fully saturated rings. The van der Waals surface area contributed by atoms with Crippen LogP contribution in [0.25, 0.3) is 0 Å². The van der Waals surface area contributed by atoms with Crippen molar-refractivity contribution in [3.63, 3.8) is 0 Å². The van der Waals surface area contributed by atoms with Gasteiger partial charge in [0.25, 0.3) is 0 Å². The van der Waals surface area contributed by atoms with Crippen molar-refractivity contribution in [2.24, 2.45) is 11.1 Å². The standard InChI is InChI=1S/C17H30N2/c1-14-6-8-15(9-7-14)17(4,5)13-19-12-16(2,3)10-11-18/h6-9,19H,10-13,18H2,1-5H3. The Morgan fingerprint density at radius 1 is 1.00 bits per heavy atom. The van der Waals surface area contributed by atoms with Crippen LogP contribution < -0.4 is 11.1 Å². The minimum absolute atomic E-state index is 0.159. The third-order valence-electron chi connectivity index (χ3n) is 3.82. The molecule has 0 bridgehead atoms. The van der Waals surface area contributed by atoms with Crippen LogP contribution >= 0.6 is 0 Å². The zero-order valence-electron chi connectivity index (χ0n) is 13.2. The molecule has 19 heavy (non-hydrogen) atoms. The van der Waals surface area contributed by atoms with E-state index in [0.29, 0.717) is 0 Å². The average molecular weight is 262 g/mol. The highest BCUT2D eigenvalue weighted by Crippen LogP contribution is 2.24. The van der Waals surface area contributed by atoms with Gasteiger partial charge >= 0.3 is 0 Å². The Morgan fingerprint density at radius 3 is 2.11 bits per heavy atom. The summed E-state index contributed by atoms with van der Waals surface area (Å²) in [4.78, 5) is 0. The highest BCUT2D eigenvalue weighted by atomic mass is 14.9. The van der Waals surface area contributed by atoms with E-state index in [0.717, 1.165) is 26.1 Å². The van der Waals surface area contributed by atoms with Crippen molar-refractivity contribution in [2.45, 2.75) is 46.5 Å². The molecular formula is C17H30N2. The Morgan fingerprint density at radius 2 is 1.58 bits per heavy atom. The summed E-state index contributed by atoms with van der Waals surface area (Å²) in [5.74, 6) is 0. The lowest BCUT2D eigenvalue weighted by molar-refractivity contribution is 0.305. The molecule has 0 unspecified atom stereocenters. The van der Waals surface area contributed by atoms with Crippen molar-refractivity contribution in [2.75, 3.05) is 19.6 Å². The van der Waals surface area contributed by atoms with E-state index >= 15 is 0 Å². The van der Waals surface area contributed by atoms with Crippen molar-refractivity contribution in [3.8, 4) is 0 Å². The fourth-order valence-electron chi connectivity index (χ4n) is 2.30. The Balaban J connectivity index is 2.53. The van der Waals surface area contributed by atoms with Crippen LogP contribution in [0.3, 0.4) is 0 Å². The molecule has 0 spiro atoms. The highest BCUT2D eigenvalue weighted by molar-refractivity contribution is 5.27. The summed E-state index contributed by atoms with van der Waals surface area (Å²) in [5.41, 5.74) is 8.79. The number of aryl methyl sites for hydroxylation is 1. The second-order valence-electron chi connectivity index (χ2n) is 7.06. The summed E-state index contributed by atoms with van der Waals surface area (Å²) in [5, 5.41) is 3.61. The smallest absolute Gasteiger partial charge is 0.00434 e. The zero-order chi connectivity index (χ0) is 14.5. The van der Waals surface area contributed by atoms with Crippen molar-refractivity contribution in [1.82, 2.24) is 5.32 Å². The first-order chi connectivity index (χ1) is 8.77. The predicted octanol–water partition coefficient (Wildman–Crippen LogP) is 3.24. The summed E-state index contributed by atoms with van der Waals surface area (Å²) in [6.07, 6.45) is 1.06. The maximum atomic E-state index is 5.65.